The summed E-state index contributed by atoms with van der Waals surface area (Å²) in [6.45, 7) is 0.0816. The average molecular weight is 197 g/mol. The zero-order valence-electron chi connectivity index (χ0n) is 7.65. The molecular formula is C9H11NO4. The summed E-state index contributed by atoms with van der Waals surface area (Å²) in [6, 6.07) is 2.54. The third-order valence-corrected chi connectivity index (χ3v) is 1.86. The van der Waals surface area contributed by atoms with Crippen LogP contribution in [0.2, 0.25) is 0 Å². The third kappa shape index (κ3) is 1.77. The van der Waals surface area contributed by atoms with Gasteiger partial charge in [0.25, 0.3) is 0 Å². The minimum Gasteiger partial charge on any atom is -0.504 e. The number of aromatic hydroxyl groups is 1. The molecule has 0 aromatic heterocycles. The summed E-state index contributed by atoms with van der Waals surface area (Å²) >= 11 is 0. The fourth-order valence-electron chi connectivity index (χ4n) is 1.14. The first kappa shape index (κ1) is 10.3. The van der Waals surface area contributed by atoms with Gasteiger partial charge in [-0.3, -0.25) is 0 Å². The van der Waals surface area contributed by atoms with Gasteiger partial charge in [-0.15, -0.1) is 0 Å². The monoisotopic (exact) mass is 197 g/mol. The van der Waals surface area contributed by atoms with E-state index in [-0.39, 0.29) is 23.6 Å². The van der Waals surface area contributed by atoms with Crippen LogP contribution in [0.25, 0.3) is 0 Å². The number of methoxy groups -OCH3 is 1. The highest BCUT2D eigenvalue weighted by atomic mass is 16.5. The second-order valence-electron chi connectivity index (χ2n) is 2.69. The van der Waals surface area contributed by atoms with Gasteiger partial charge in [-0.25, -0.2) is 4.79 Å². The molecule has 1 rings (SSSR count). The minimum absolute atomic E-state index is 0.00852. The molecule has 14 heavy (non-hydrogen) atoms. The summed E-state index contributed by atoms with van der Waals surface area (Å²) in [5, 5.41) is 18.1. The number of rotatable bonds is 3. The Morgan fingerprint density at radius 1 is 1.57 bits per heavy atom. The Morgan fingerprint density at radius 2 is 2.21 bits per heavy atom. The molecule has 0 amide bonds. The summed E-state index contributed by atoms with van der Waals surface area (Å²) < 4.78 is 4.82. The van der Waals surface area contributed by atoms with Crippen LogP contribution >= 0.6 is 0 Å². The molecule has 76 valence electrons. The second kappa shape index (κ2) is 3.97. The van der Waals surface area contributed by atoms with Crippen LogP contribution < -0.4 is 10.5 Å². The van der Waals surface area contributed by atoms with E-state index in [1.807, 2.05) is 0 Å². The van der Waals surface area contributed by atoms with Gasteiger partial charge < -0.3 is 20.7 Å². The minimum atomic E-state index is -1.12. The number of carboxylic acids is 1. The number of hydrogen-bond donors (Lipinski definition) is 3. The summed E-state index contributed by atoms with van der Waals surface area (Å²) in [5.41, 5.74) is 5.78. The molecule has 0 aliphatic heterocycles. The topological polar surface area (TPSA) is 92.8 Å². The van der Waals surface area contributed by atoms with Gasteiger partial charge in [0, 0.05) is 6.54 Å². The van der Waals surface area contributed by atoms with Crippen molar-refractivity contribution in [2.75, 3.05) is 7.11 Å². The molecule has 0 atom stereocenters. The van der Waals surface area contributed by atoms with Crippen LogP contribution in [-0.4, -0.2) is 23.3 Å². The van der Waals surface area contributed by atoms with E-state index in [4.69, 9.17) is 15.6 Å². The number of benzene rings is 1. The molecule has 0 heterocycles. The molecule has 5 nitrogen and oxygen atoms in total. The van der Waals surface area contributed by atoms with Crippen LogP contribution in [0.5, 0.6) is 11.5 Å². The zero-order chi connectivity index (χ0) is 10.7. The molecule has 4 N–H and O–H groups in total. The summed E-state index contributed by atoms with van der Waals surface area (Å²) in [6.07, 6.45) is 0. The van der Waals surface area contributed by atoms with Crippen LogP contribution in [0.4, 0.5) is 0 Å². The molecule has 0 spiro atoms. The second-order valence-corrected chi connectivity index (χ2v) is 2.69. The van der Waals surface area contributed by atoms with Crippen LogP contribution in [-0.2, 0) is 6.54 Å². The van der Waals surface area contributed by atoms with E-state index in [1.165, 1.54) is 13.2 Å². The Balaban J connectivity index is 3.31. The first-order chi connectivity index (χ1) is 6.60. The Bertz CT molecular complexity index is 362. The number of carbonyl (C=O) groups is 1. The van der Waals surface area contributed by atoms with Crippen LogP contribution in [0.15, 0.2) is 12.1 Å². The van der Waals surface area contributed by atoms with Gasteiger partial charge in [-0.05, 0) is 17.7 Å². The van der Waals surface area contributed by atoms with Crippen LogP contribution in [0.1, 0.15) is 15.9 Å². The van der Waals surface area contributed by atoms with Gasteiger partial charge in [-0.2, -0.15) is 0 Å². The number of aromatic carboxylic acids is 1. The zero-order valence-corrected chi connectivity index (χ0v) is 7.65. The maximum atomic E-state index is 10.7. The molecule has 5 heteroatoms. The quantitative estimate of drug-likeness (QED) is 0.658. The molecule has 0 unspecified atom stereocenters. The Morgan fingerprint density at radius 3 is 2.64 bits per heavy atom. The molecule has 0 fully saturated rings. The van der Waals surface area contributed by atoms with E-state index in [2.05, 4.69) is 0 Å². The van der Waals surface area contributed by atoms with Crippen LogP contribution in [0, 0.1) is 0 Å². The van der Waals surface area contributed by atoms with Gasteiger partial charge in [-0.1, -0.05) is 0 Å². The first-order valence-corrected chi connectivity index (χ1v) is 3.93. The predicted octanol–water partition coefficient (Wildman–Crippen LogP) is 0.558. The van der Waals surface area contributed by atoms with Crippen molar-refractivity contribution in [1.82, 2.24) is 0 Å². The molecule has 1 aromatic carbocycles. The van der Waals surface area contributed by atoms with Gasteiger partial charge in [0.1, 0.15) is 0 Å². The maximum Gasteiger partial charge on any atom is 0.336 e. The Hall–Kier alpha value is -1.75. The highest BCUT2D eigenvalue weighted by Crippen LogP contribution is 2.29. The summed E-state index contributed by atoms with van der Waals surface area (Å²) in [7, 11) is 1.38. The lowest BCUT2D eigenvalue weighted by molar-refractivity contribution is 0.0695. The molecule has 0 aliphatic rings. The van der Waals surface area contributed by atoms with Gasteiger partial charge in [0.05, 0.1) is 12.7 Å². The normalized spacial score (nSPS) is 9.86. The number of hydrogen-bond acceptors (Lipinski definition) is 4. The largest absolute Gasteiger partial charge is 0.504 e. The number of carboxylic acid groups (broad SMARTS) is 1. The molecule has 1 aromatic rings. The van der Waals surface area contributed by atoms with Crippen molar-refractivity contribution in [2.45, 2.75) is 6.54 Å². The fraction of sp³-hybridized carbons (Fsp3) is 0.222. The van der Waals surface area contributed by atoms with Crippen molar-refractivity contribution < 1.29 is 19.7 Å². The average Bonchev–Trinajstić information content (AvgIpc) is 2.17. The van der Waals surface area contributed by atoms with Crippen molar-refractivity contribution in [2.24, 2.45) is 5.73 Å². The van der Waals surface area contributed by atoms with Gasteiger partial charge in [0.2, 0.25) is 0 Å². The van der Waals surface area contributed by atoms with E-state index in [1.54, 1.807) is 0 Å². The molecule has 0 saturated heterocycles. The van der Waals surface area contributed by atoms with Crippen molar-refractivity contribution in [3.05, 3.63) is 23.3 Å². The number of phenols is 1. The fourth-order valence-corrected chi connectivity index (χ4v) is 1.14. The van der Waals surface area contributed by atoms with Crippen molar-refractivity contribution in [3.8, 4) is 11.5 Å². The van der Waals surface area contributed by atoms with Gasteiger partial charge in [0.15, 0.2) is 11.5 Å². The molecule has 0 aliphatic carbocycles. The Labute approximate surface area is 80.7 Å². The summed E-state index contributed by atoms with van der Waals surface area (Å²) in [5.74, 6) is -1.11. The Kier molecular flexibility index (Phi) is 2.93. The van der Waals surface area contributed by atoms with E-state index in [9.17, 15) is 9.90 Å². The van der Waals surface area contributed by atoms with Crippen molar-refractivity contribution in [1.29, 1.82) is 0 Å². The van der Waals surface area contributed by atoms with Gasteiger partial charge >= 0.3 is 5.97 Å². The molecular weight excluding hydrogens is 186 g/mol. The predicted molar refractivity (Wildman–Crippen MR) is 49.5 cm³/mol. The number of ether oxygens (including phenoxy) is 1. The van der Waals surface area contributed by atoms with Crippen molar-refractivity contribution >= 4 is 5.97 Å². The van der Waals surface area contributed by atoms with E-state index in [0.717, 1.165) is 6.07 Å². The van der Waals surface area contributed by atoms with Crippen molar-refractivity contribution in [3.63, 3.8) is 0 Å². The van der Waals surface area contributed by atoms with E-state index < -0.39 is 5.97 Å². The lowest BCUT2D eigenvalue weighted by Crippen LogP contribution is -2.07. The molecule has 0 radical (unpaired) electrons. The van der Waals surface area contributed by atoms with E-state index >= 15 is 0 Å². The standard InChI is InChI=1S/C9H11NO4/c1-14-8-2-5(4-10)6(9(12)13)3-7(8)11/h2-3,11H,4,10H2,1H3,(H,12,13). The highest BCUT2D eigenvalue weighted by molar-refractivity contribution is 5.90. The number of phenolic OH excluding ortho intramolecular Hbond substituents is 1. The first-order valence-electron chi connectivity index (χ1n) is 3.93. The number of nitrogens with two attached hydrogens (primary N) is 1. The lowest BCUT2D eigenvalue weighted by atomic mass is 10.1. The third-order valence-electron chi connectivity index (χ3n) is 1.86. The molecule has 0 bridgehead atoms. The smallest absolute Gasteiger partial charge is 0.336 e. The van der Waals surface area contributed by atoms with E-state index in [0.29, 0.717) is 5.56 Å². The maximum absolute atomic E-state index is 10.7. The molecule has 0 saturated carbocycles. The van der Waals surface area contributed by atoms with Crippen LogP contribution in [0.3, 0.4) is 0 Å². The SMILES string of the molecule is COc1cc(CN)c(C(=O)O)cc1O. The lowest BCUT2D eigenvalue weighted by Gasteiger charge is -2.08. The highest BCUT2D eigenvalue weighted by Gasteiger charge is 2.13. The summed E-state index contributed by atoms with van der Waals surface area (Å²) in [4.78, 5) is 10.7.